The molecule has 0 atom stereocenters. The van der Waals surface area contributed by atoms with Crippen molar-refractivity contribution in [3.05, 3.63) is 66.2 Å². The van der Waals surface area contributed by atoms with Crippen LogP contribution < -0.4 is 16.4 Å². The first-order chi connectivity index (χ1) is 13.1. The van der Waals surface area contributed by atoms with Gasteiger partial charge in [0.1, 0.15) is 17.8 Å². The van der Waals surface area contributed by atoms with E-state index in [1.165, 1.54) is 6.33 Å². The Hall–Kier alpha value is -3.74. The third-order valence-corrected chi connectivity index (χ3v) is 4.17. The highest BCUT2D eigenvalue weighted by atomic mass is 15.1. The summed E-state index contributed by atoms with van der Waals surface area (Å²) in [5.74, 6) is 1.69. The SMILES string of the molecule is Cc1ccc(Nc2ncnc(Nc3cccc4nc(C)ccc34)c2N)nc1. The number of rotatable bonds is 4. The van der Waals surface area contributed by atoms with Gasteiger partial charge in [0.05, 0.1) is 5.52 Å². The third kappa shape index (κ3) is 3.48. The van der Waals surface area contributed by atoms with Crippen molar-refractivity contribution >= 4 is 39.7 Å². The number of nitrogens with two attached hydrogens (primary N) is 1. The summed E-state index contributed by atoms with van der Waals surface area (Å²) in [6.07, 6.45) is 3.24. The first-order valence-corrected chi connectivity index (χ1v) is 8.54. The second-order valence-electron chi connectivity index (χ2n) is 6.28. The van der Waals surface area contributed by atoms with Gasteiger partial charge >= 0.3 is 0 Å². The van der Waals surface area contributed by atoms with E-state index in [9.17, 15) is 0 Å². The van der Waals surface area contributed by atoms with Crippen molar-refractivity contribution in [2.24, 2.45) is 0 Å². The number of anilines is 5. The normalized spacial score (nSPS) is 10.7. The number of nitrogen functional groups attached to an aromatic ring is 1. The van der Waals surface area contributed by atoms with Crippen LogP contribution in [0.2, 0.25) is 0 Å². The number of fused-ring (bicyclic) bond motifs is 1. The van der Waals surface area contributed by atoms with Crippen LogP contribution in [0.1, 0.15) is 11.3 Å². The maximum Gasteiger partial charge on any atom is 0.160 e. The number of nitrogens with one attached hydrogen (secondary N) is 2. The zero-order valence-electron chi connectivity index (χ0n) is 15.1. The Morgan fingerprint density at radius 2 is 1.67 bits per heavy atom. The standard InChI is InChI=1S/C20H19N7/c1-12-6-9-17(22-10-12)27-20-18(21)19(23-11-24-20)26-16-5-3-4-15-14(16)8-7-13(2)25-15/h3-11H,21H2,1-2H3,(H2,22,23,24,26,27). The van der Waals surface area contributed by atoms with E-state index in [1.807, 2.05) is 56.3 Å². The molecule has 3 heterocycles. The molecule has 7 nitrogen and oxygen atoms in total. The minimum atomic E-state index is 0.414. The van der Waals surface area contributed by atoms with Crippen molar-refractivity contribution in [2.75, 3.05) is 16.4 Å². The van der Waals surface area contributed by atoms with Gasteiger partial charge in [0, 0.05) is 23.0 Å². The average molecular weight is 357 g/mol. The summed E-state index contributed by atoms with van der Waals surface area (Å²) < 4.78 is 0. The van der Waals surface area contributed by atoms with Gasteiger partial charge in [0.2, 0.25) is 0 Å². The number of nitrogens with zero attached hydrogens (tertiary/aromatic N) is 4. The summed E-state index contributed by atoms with van der Waals surface area (Å²) in [6.45, 7) is 3.96. The van der Waals surface area contributed by atoms with Gasteiger partial charge in [-0.15, -0.1) is 0 Å². The molecule has 0 saturated carbocycles. The number of aryl methyl sites for hydroxylation is 2. The maximum atomic E-state index is 6.28. The highest BCUT2D eigenvalue weighted by Gasteiger charge is 2.11. The van der Waals surface area contributed by atoms with Crippen LogP contribution in [0.3, 0.4) is 0 Å². The highest BCUT2D eigenvalue weighted by Crippen LogP contribution is 2.30. The van der Waals surface area contributed by atoms with Gasteiger partial charge in [0.15, 0.2) is 11.6 Å². The smallest absolute Gasteiger partial charge is 0.160 e. The van der Waals surface area contributed by atoms with E-state index >= 15 is 0 Å². The molecule has 0 fully saturated rings. The van der Waals surface area contributed by atoms with Crippen molar-refractivity contribution in [1.29, 1.82) is 0 Å². The highest BCUT2D eigenvalue weighted by molar-refractivity contribution is 5.94. The van der Waals surface area contributed by atoms with Crippen molar-refractivity contribution in [3.63, 3.8) is 0 Å². The number of hydrogen-bond acceptors (Lipinski definition) is 7. The van der Waals surface area contributed by atoms with Gasteiger partial charge in [-0.3, -0.25) is 4.98 Å². The van der Waals surface area contributed by atoms with E-state index < -0.39 is 0 Å². The summed E-state index contributed by atoms with van der Waals surface area (Å²) in [6, 6.07) is 13.8. The lowest BCUT2D eigenvalue weighted by atomic mass is 10.1. The van der Waals surface area contributed by atoms with Crippen LogP contribution in [0.5, 0.6) is 0 Å². The van der Waals surface area contributed by atoms with Gasteiger partial charge in [0.25, 0.3) is 0 Å². The number of benzene rings is 1. The number of pyridine rings is 2. The van der Waals surface area contributed by atoms with Crippen LogP contribution in [-0.4, -0.2) is 19.9 Å². The monoisotopic (exact) mass is 357 g/mol. The van der Waals surface area contributed by atoms with E-state index in [0.29, 0.717) is 23.1 Å². The minimum Gasteiger partial charge on any atom is -0.393 e. The molecule has 0 unspecified atom stereocenters. The Bertz CT molecular complexity index is 1110. The van der Waals surface area contributed by atoms with Gasteiger partial charge in [-0.1, -0.05) is 12.1 Å². The molecule has 134 valence electrons. The third-order valence-electron chi connectivity index (χ3n) is 4.17. The Balaban J connectivity index is 1.66. The lowest BCUT2D eigenvalue weighted by Gasteiger charge is -2.13. The second kappa shape index (κ2) is 6.87. The molecule has 0 aliphatic rings. The molecule has 0 aliphatic carbocycles. The summed E-state index contributed by atoms with van der Waals surface area (Å²) in [4.78, 5) is 17.4. The molecule has 4 aromatic rings. The molecule has 0 bridgehead atoms. The van der Waals surface area contributed by atoms with Crippen LogP contribution in [0.15, 0.2) is 55.0 Å². The quantitative estimate of drug-likeness (QED) is 0.505. The Labute approximate surface area is 156 Å². The largest absolute Gasteiger partial charge is 0.393 e. The number of aromatic nitrogens is 4. The Morgan fingerprint density at radius 1 is 0.852 bits per heavy atom. The molecule has 1 aromatic carbocycles. The van der Waals surface area contributed by atoms with Crippen LogP contribution in [0.4, 0.5) is 28.8 Å². The minimum absolute atomic E-state index is 0.414. The second-order valence-corrected chi connectivity index (χ2v) is 6.28. The molecule has 27 heavy (non-hydrogen) atoms. The van der Waals surface area contributed by atoms with Crippen molar-refractivity contribution in [1.82, 2.24) is 19.9 Å². The van der Waals surface area contributed by atoms with E-state index in [1.54, 1.807) is 6.20 Å². The fourth-order valence-corrected chi connectivity index (χ4v) is 2.75. The first kappa shape index (κ1) is 16.7. The zero-order chi connectivity index (χ0) is 18.8. The van der Waals surface area contributed by atoms with Crippen molar-refractivity contribution < 1.29 is 0 Å². The molecule has 7 heteroatoms. The lowest BCUT2D eigenvalue weighted by Crippen LogP contribution is -2.06. The van der Waals surface area contributed by atoms with Crippen molar-refractivity contribution in [3.8, 4) is 0 Å². The Morgan fingerprint density at radius 3 is 2.44 bits per heavy atom. The van der Waals surface area contributed by atoms with E-state index in [2.05, 4.69) is 30.6 Å². The maximum absolute atomic E-state index is 6.28. The van der Waals surface area contributed by atoms with E-state index in [0.717, 1.165) is 27.8 Å². The summed E-state index contributed by atoms with van der Waals surface area (Å²) in [5.41, 5.74) is 10.5. The first-order valence-electron chi connectivity index (χ1n) is 8.54. The fourth-order valence-electron chi connectivity index (χ4n) is 2.75. The molecule has 0 radical (unpaired) electrons. The molecule has 4 rings (SSSR count). The topological polar surface area (TPSA) is 102 Å². The molecule has 0 amide bonds. The van der Waals surface area contributed by atoms with Crippen LogP contribution in [0, 0.1) is 13.8 Å². The van der Waals surface area contributed by atoms with Crippen molar-refractivity contribution in [2.45, 2.75) is 13.8 Å². The lowest BCUT2D eigenvalue weighted by molar-refractivity contribution is 1.16. The van der Waals surface area contributed by atoms with Crippen LogP contribution in [0.25, 0.3) is 10.9 Å². The summed E-state index contributed by atoms with van der Waals surface area (Å²) in [7, 11) is 0. The predicted molar refractivity (Wildman–Crippen MR) is 108 cm³/mol. The van der Waals surface area contributed by atoms with Gasteiger partial charge in [-0.25, -0.2) is 15.0 Å². The van der Waals surface area contributed by atoms with E-state index in [-0.39, 0.29) is 0 Å². The fraction of sp³-hybridized carbons (Fsp3) is 0.100. The van der Waals surface area contributed by atoms with Gasteiger partial charge in [-0.05, 0) is 49.7 Å². The molecular formula is C20H19N7. The summed E-state index contributed by atoms with van der Waals surface area (Å²) >= 11 is 0. The molecular weight excluding hydrogens is 338 g/mol. The van der Waals surface area contributed by atoms with E-state index in [4.69, 9.17) is 5.73 Å². The summed E-state index contributed by atoms with van der Waals surface area (Å²) in [5, 5.41) is 7.42. The molecule has 0 saturated heterocycles. The Kier molecular flexibility index (Phi) is 4.25. The van der Waals surface area contributed by atoms with Gasteiger partial charge in [-0.2, -0.15) is 0 Å². The molecule has 4 N–H and O–H groups in total. The van der Waals surface area contributed by atoms with Gasteiger partial charge < -0.3 is 16.4 Å². The predicted octanol–water partition coefficient (Wildman–Crippen LogP) is 4.11. The zero-order valence-corrected chi connectivity index (χ0v) is 15.1. The number of hydrogen-bond donors (Lipinski definition) is 3. The molecule has 0 aliphatic heterocycles. The molecule has 0 spiro atoms. The van der Waals surface area contributed by atoms with Crippen LogP contribution >= 0.6 is 0 Å². The molecule has 3 aromatic heterocycles. The average Bonchev–Trinajstić information content (AvgIpc) is 2.66. The van der Waals surface area contributed by atoms with Crippen LogP contribution in [-0.2, 0) is 0 Å².